The zero-order valence-electron chi connectivity index (χ0n) is 12.6. The number of hydrogen-bond acceptors (Lipinski definition) is 4. The van der Waals surface area contributed by atoms with E-state index in [1.54, 1.807) is 23.5 Å². The second kappa shape index (κ2) is 5.77. The zero-order chi connectivity index (χ0) is 16.7. The van der Waals surface area contributed by atoms with Gasteiger partial charge in [-0.2, -0.15) is 5.26 Å². The molecule has 114 valence electrons. The van der Waals surface area contributed by atoms with Crippen LogP contribution in [0.4, 0.5) is 0 Å². The quantitative estimate of drug-likeness (QED) is 0.555. The number of benzene rings is 3. The van der Waals surface area contributed by atoms with Crippen LogP contribution in [0.15, 0.2) is 60.7 Å². The minimum Gasteiger partial charge on any atom is -0.423 e. The summed E-state index contributed by atoms with van der Waals surface area (Å²) >= 11 is 1.70. The van der Waals surface area contributed by atoms with Crippen LogP contribution < -0.4 is 5.46 Å². The molecule has 0 saturated heterocycles. The van der Waals surface area contributed by atoms with E-state index < -0.39 is 7.12 Å². The van der Waals surface area contributed by atoms with Crippen LogP contribution in [-0.4, -0.2) is 17.2 Å². The van der Waals surface area contributed by atoms with Crippen LogP contribution >= 0.6 is 11.3 Å². The molecule has 0 fully saturated rings. The maximum absolute atomic E-state index is 9.49. The minimum absolute atomic E-state index is 0.321. The molecule has 4 aromatic rings. The molecule has 0 saturated carbocycles. The minimum atomic E-state index is -1.60. The third-order valence-corrected chi connectivity index (χ3v) is 5.32. The van der Waals surface area contributed by atoms with E-state index >= 15 is 0 Å². The van der Waals surface area contributed by atoms with Gasteiger partial charge >= 0.3 is 7.12 Å². The van der Waals surface area contributed by atoms with Crippen molar-refractivity contribution in [2.45, 2.75) is 0 Å². The Bertz CT molecular complexity index is 1110. The van der Waals surface area contributed by atoms with Crippen LogP contribution in [0, 0.1) is 11.3 Å². The fourth-order valence-electron chi connectivity index (χ4n) is 3.00. The summed E-state index contributed by atoms with van der Waals surface area (Å²) < 4.78 is 2.34. The van der Waals surface area contributed by atoms with Gasteiger partial charge in [0, 0.05) is 20.2 Å². The maximum atomic E-state index is 9.49. The largest absolute Gasteiger partial charge is 0.488 e. The lowest BCUT2D eigenvalue weighted by atomic mass is 9.78. The van der Waals surface area contributed by atoms with E-state index in [0.29, 0.717) is 11.0 Å². The van der Waals surface area contributed by atoms with Gasteiger partial charge in [0.1, 0.15) is 0 Å². The molecule has 0 atom stereocenters. The molecule has 0 bridgehead atoms. The SMILES string of the molecule is N#Cc1cc(B(O)O)cc(-c2cccc3c2sc2ccccc23)c1. The molecule has 4 rings (SSSR count). The molecule has 2 N–H and O–H groups in total. The monoisotopic (exact) mass is 329 g/mol. The van der Waals surface area contributed by atoms with Gasteiger partial charge < -0.3 is 10.0 Å². The van der Waals surface area contributed by atoms with Crippen molar-refractivity contribution in [1.82, 2.24) is 0 Å². The van der Waals surface area contributed by atoms with Crippen molar-refractivity contribution in [3.63, 3.8) is 0 Å². The summed E-state index contributed by atoms with van der Waals surface area (Å²) in [5.74, 6) is 0. The Kier molecular flexibility index (Phi) is 3.59. The van der Waals surface area contributed by atoms with Crippen molar-refractivity contribution in [2.75, 3.05) is 0 Å². The first-order valence-electron chi connectivity index (χ1n) is 7.49. The number of thiophene rings is 1. The highest BCUT2D eigenvalue weighted by molar-refractivity contribution is 7.26. The van der Waals surface area contributed by atoms with E-state index in [9.17, 15) is 15.3 Å². The third-order valence-electron chi connectivity index (χ3n) is 4.10. The van der Waals surface area contributed by atoms with Crippen LogP contribution in [0.5, 0.6) is 0 Å². The van der Waals surface area contributed by atoms with Crippen LogP contribution in [0.2, 0.25) is 0 Å². The Hall–Kier alpha value is -2.65. The predicted molar refractivity (Wildman–Crippen MR) is 99.3 cm³/mol. The molecule has 1 heterocycles. The number of nitriles is 1. The Morgan fingerprint density at radius 3 is 2.50 bits per heavy atom. The summed E-state index contributed by atoms with van der Waals surface area (Å²) in [4.78, 5) is 0. The second-order valence-corrected chi connectivity index (χ2v) is 6.66. The first-order chi connectivity index (χ1) is 11.7. The predicted octanol–water partition coefficient (Wildman–Crippen LogP) is 3.27. The molecule has 5 heteroatoms. The third kappa shape index (κ3) is 2.38. The summed E-state index contributed by atoms with van der Waals surface area (Å²) in [5.41, 5.74) is 2.54. The van der Waals surface area contributed by atoms with Crippen molar-refractivity contribution < 1.29 is 10.0 Å². The Balaban J connectivity index is 2.03. The molecule has 0 aliphatic carbocycles. The number of rotatable bonds is 2. The molecule has 0 spiro atoms. The van der Waals surface area contributed by atoms with Crippen molar-refractivity contribution in [3.8, 4) is 17.2 Å². The summed E-state index contributed by atoms with van der Waals surface area (Å²) in [6.45, 7) is 0. The molecule has 3 nitrogen and oxygen atoms in total. The lowest BCUT2D eigenvalue weighted by Gasteiger charge is -2.08. The average molecular weight is 329 g/mol. The van der Waals surface area contributed by atoms with Crippen LogP contribution in [0.1, 0.15) is 5.56 Å². The van der Waals surface area contributed by atoms with Crippen molar-refractivity contribution in [1.29, 1.82) is 5.26 Å². The highest BCUT2D eigenvalue weighted by Gasteiger charge is 2.16. The summed E-state index contributed by atoms with van der Waals surface area (Å²) in [7, 11) is -1.60. The molecule has 0 aliphatic rings. The van der Waals surface area contributed by atoms with Gasteiger partial charge in [0.05, 0.1) is 11.6 Å². The van der Waals surface area contributed by atoms with Gasteiger partial charge in [-0.3, -0.25) is 0 Å². The van der Waals surface area contributed by atoms with E-state index in [4.69, 9.17) is 0 Å². The van der Waals surface area contributed by atoms with Crippen molar-refractivity contribution in [3.05, 3.63) is 66.2 Å². The highest BCUT2D eigenvalue weighted by atomic mass is 32.1. The first-order valence-corrected chi connectivity index (χ1v) is 8.31. The fourth-order valence-corrected chi connectivity index (χ4v) is 4.23. The lowest BCUT2D eigenvalue weighted by molar-refractivity contribution is 0.426. The van der Waals surface area contributed by atoms with Gasteiger partial charge in [-0.15, -0.1) is 11.3 Å². The number of nitrogens with zero attached hydrogens (tertiary/aromatic N) is 1. The van der Waals surface area contributed by atoms with Gasteiger partial charge in [0.2, 0.25) is 0 Å². The summed E-state index contributed by atoms with van der Waals surface area (Å²) in [5, 5.41) is 30.6. The number of hydrogen-bond donors (Lipinski definition) is 2. The molecule has 3 aromatic carbocycles. The van der Waals surface area contributed by atoms with Gasteiger partial charge in [0.25, 0.3) is 0 Å². The standard InChI is InChI=1S/C19H12BNO2S/c21-11-12-8-13(10-14(9-12)20(22)23)15-5-3-6-17-16-4-1-2-7-18(16)24-19(15)17/h1-10,22-23H. The van der Waals surface area contributed by atoms with E-state index in [1.165, 1.54) is 21.5 Å². The van der Waals surface area contributed by atoms with Gasteiger partial charge in [-0.1, -0.05) is 42.5 Å². The molecule has 1 aromatic heterocycles. The molecule has 0 amide bonds. The van der Waals surface area contributed by atoms with Crippen LogP contribution in [0.3, 0.4) is 0 Å². The Morgan fingerprint density at radius 1 is 0.917 bits per heavy atom. The van der Waals surface area contributed by atoms with Crippen LogP contribution in [-0.2, 0) is 0 Å². The molecular weight excluding hydrogens is 317 g/mol. The summed E-state index contributed by atoms with van der Waals surface area (Å²) in [6, 6.07) is 21.4. The maximum Gasteiger partial charge on any atom is 0.488 e. The number of fused-ring (bicyclic) bond motifs is 3. The highest BCUT2D eigenvalue weighted by Crippen LogP contribution is 2.39. The van der Waals surface area contributed by atoms with E-state index in [2.05, 4.69) is 24.3 Å². The normalized spacial score (nSPS) is 10.9. The van der Waals surface area contributed by atoms with Gasteiger partial charge in [0.15, 0.2) is 0 Å². The lowest BCUT2D eigenvalue weighted by Crippen LogP contribution is -2.30. The van der Waals surface area contributed by atoms with E-state index in [1.807, 2.05) is 24.3 Å². The fraction of sp³-hybridized carbons (Fsp3) is 0. The van der Waals surface area contributed by atoms with E-state index in [-0.39, 0.29) is 0 Å². The molecular formula is C19H12BNO2S. The second-order valence-electron chi connectivity index (χ2n) is 5.61. The van der Waals surface area contributed by atoms with Gasteiger partial charge in [-0.05, 0) is 34.8 Å². The molecule has 0 aliphatic heterocycles. The topological polar surface area (TPSA) is 64.2 Å². The summed E-state index contributed by atoms with van der Waals surface area (Å²) in [6.07, 6.45) is 0. The van der Waals surface area contributed by atoms with Gasteiger partial charge in [-0.25, -0.2) is 0 Å². The first kappa shape index (κ1) is 14.9. The molecule has 0 unspecified atom stereocenters. The smallest absolute Gasteiger partial charge is 0.423 e. The van der Waals surface area contributed by atoms with Crippen molar-refractivity contribution >= 4 is 44.1 Å². The zero-order valence-corrected chi connectivity index (χ0v) is 13.4. The van der Waals surface area contributed by atoms with E-state index in [0.717, 1.165) is 15.8 Å². The average Bonchev–Trinajstić information content (AvgIpc) is 3.00. The van der Waals surface area contributed by atoms with Crippen molar-refractivity contribution in [2.24, 2.45) is 0 Å². The Labute approximate surface area is 143 Å². The molecule has 0 radical (unpaired) electrons. The Morgan fingerprint density at radius 2 is 1.71 bits per heavy atom. The van der Waals surface area contributed by atoms with Crippen LogP contribution in [0.25, 0.3) is 31.3 Å². The molecule has 24 heavy (non-hydrogen) atoms.